The van der Waals surface area contributed by atoms with Gasteiger partial charge in [-0.05, 0) is 38.5 Å². The van der Waals surface area contributed by atoms with Gasteiger partial charge in [-0.3, -0.25) is 0 Å². The van der Waals surface area contributed by atoms with Crippen molar-refractivity contribution < 1.29 is 0 Å². The normalized spacial score (nSPS) is 12.4. The third-order valence-corrected chi connectivity index (χ3v) is 3.48. The van der Waals surface area contributed by atoms with E-state index in [2.05, 4.69) is 75.1 Å². The molecule has 0 aliphatic rings. The fourth-order valence-corrected chi connectivity index (χ4v) is 2.20. The van der Waals surface area contributed by atoms with Crippen molar-refractivity contribution in [3.63, 3.8) is 0 Å². The van der Waals surface area contributed by atoms with Crippen molar-refractivity contribution in [2.75, 3.05) is 5.32 Å². The van der Waals surface area contributed by atoms with Gasteiger partial charge < -0.3 is 9.88 Å². The maximum atomic E-state index is 4.51. The molecule has 0 saturated carbocycles. The molecule has 2 aromatic rings. The van der Waals surface area contributed by atoms with Crippen molar-refractivity contribution in [3.8, 4) is 0 Å². The van der Waals surface area contributed by atoms with Gasteiger partial charge in [-0.2, -0.15) is 0 Å². The smallest absolute Gasteiger partial charge is 0.203 e. The van der Waals surface area contributed by atoms with Crippen molar-refractivity contribution >= 4 is 21.9 Å². The highest BCUT2D eigenvalue weighted by Gasteiger charge is 2.09. The van der Waals surface area contributed by atoms with Gasteiger partial charge in [0.05, 0.1) is 11.7 Å². The maximum absolute atomic E-state index is 4.51. The monoisotopic (exact) mass is 307 g/mol. The first kappa shape index (κ1) is 13.1. The van der Waals surface area contributed by atoms with Crippen LogP contribution in [0.3, 0.4) is 0 Å². The van der Waals surface area contributed by atoms with E-state index in [9.17, 15) is 0 Å². The van der Waals surface area contributed by atoms with E-state index >= 15 is 0 Å². The number of imidazole rings is 1. The molecular formula is C14H18BrN3. The Morgan fingerprint density at radius 1 is 1.33 bits per heavy atom. The van der Waals surface area contributed by atoms with E-state index in [-0.39, 0.29) is 6.04 Å². The number of aryl methyl sites for hydroxylation is 2. The van der Waals surface area contributed by atoms with Crippen LogP contribution >= 0.6 is 15.9 Å². The summed E-state index contributed by atoms with van der Waals surface area (Å²) in [5, 5.41) is 3.45. The van der Waals surface area contributed by atoms with Gasteiger partial charge in [-0.1, -0.05) is 28.1 Å². The summed E-state index contributed by atoms with van der Waals surface area (Å²) in [6.45, 7) is 7.21. The Morgan fingerprint density at radius 3 is 2.61 bits per heavy atom. The van der Waals surface area contributed by atoms with E-state index in [1.165, 1.54) is 5.56 Å². The molecule has 1 N–H and O–H groups in total. The molecule has 0 aliphatic carbocycles. The second kappa shape index (κ2) is 5.57. The van der Waals surface area contributed by atoms with Crippen LogP contribution in [0.1, 0.15) is 31.1 Å². The number of halogens is 1. The first-order chi connectivity index (χ1) is 8.60. The predicted octanol–water partition coefficient (Wildman–Crippen LogP) is 4.15. The molecule has 0 fully saturated rings. The molecule has 1 aromatic carbocycles. The van der Waals surface area contributed by atoms with E-state index in [1.54, 1.807) is 0 Å². The number of benzene rings is 1. The SMILES string of the molecule is CCn1cc(C)nc1NC(C)c1ccc(Br)cc1. The molecule has 1 aromatic heterocycles. The Hall–Kier alpha value is -1.29. The van der Waals surface area contributed by atoms with Gasteiger partial charge in [-0.15, -0.1) is 0 Å². The molecule has 0 aliphatic heterocycles. The average molecular weight is 308 g/mol. The largest absolute Gasteiger partial charge is 0.349 e. The minimum Gasteiger partial charge on any atom is -0.349 e. The first-order valence-electron chi connectivity index (χ1n) is 6.16. The Labute approximate surface area is 116 Å². The fraction of sp³-hybridized carbons (Fsp3) is 0.357. The molecule has 0 spiro atoms. The zero-order valence-corrected chi connectivity index (χ0v) is 12.5. The van der Waals surface area contributed by atoms with Crippen LogP contribution in [0.2, 0.25) is 0 Å². The summed E-state index contributed by atoms with van der Waals surface area (Å²) in [7, 11) is 0. The summed E-state index contributed by atoms with van der Waals surface area (Å²) >= 11 is 3.45. The lowest BCUT2D eigenvalue weighted by Crippen LogP contribution is -2.11. The number of nitrogens with one attached hydrogen (secondary N) is 1. The van der Waals surface area contributed by atoms with Gasteiger partial charge in [0.25, 0.3) is 0 Å². The van der Waals surface area contributed by atoms with Gasteiger partial charge >= 0.3 is 0 Å². The molecule has 18 heavy (non-hydrogen) atoms. The average Bonchev–Trinajstić information content (AvgIpc) is 2.70. The summed E-state index contributed by atoms with van der Waals surface area (Å²) in [5.41, 5.74) is 2.30. The Kier molecular flexibility index (Phi) is 4.07. The number of aromatic nitrogens is 2. The molecule has 0 bridgehead atoms. The van der Waals surface area contributed by atoms with Crippen LogP contribution in [0.15, 0.2) is 34.9 Å². The minimum atomic E-state index is 0.241. The highest BCUT2D eigenvalue weighted by molar-refractivity contribution is 9.10. The molecular weight excluding hydrogens is 290 g/mol. The van der Waals surface area contributed by atoms with Crippen molar-refractivity contribution in [2.24, 2.45) is 0 Å². The molecule has 0 saturated heterocycles. The zero-order chi connectivity index (χ0) is 13.1. The minimum absolute atomic E-state index is 0.241. The number of nitrogens with zero attached hydrogens (tertiary/aromatic N) is 2. The fourth-order valence-electron chi connectivity index (χ4n) is 1.93. The third kappa shape index (κ3) is 2.93. The molecule has 2 rings (SSSR count). The van der Waals surface area contributed by atoms with Gasteiger partial charge in [-0.25, -0.2) is 4.98 Å². The second-order valence-electron chi connectivity index (χ2n) is 4.41. The van der Waals surface area contributed by atoms with Crippen LogP contribution in [0.5, 0.6) is 0 Å². The van der Waals surface area contributed by atoms with Gasteiger partial charge in [0.1, 0.15) is 0 Å². The van der Waals surface area contributed by atoms with Crippen LogP contribution in [-0.4, -0.2) is 9.55 Å². The quantitative estimate of drug-likeness (QED) is 0.919. The Bertz CT molecular complexity index is 516. The standard InChI is InChI=1S/C14H18BrN3/c1-4-18-9-10(2)16-14(18)17-11(3)12-5-7-13(15)8-6-12/h5-9,11H,4H2,1-3H3,(H,16,17). The van der Waals surface area contributed by atoms with Crippen LogP contribution in [-0.2, 0) is 6.54 Å². The molecule has 96 valence electrons. The van der Waals surface area contributed by atoms with E-state index in [1.807, 2.05) is 6.92 Å². The summed E-state index contributed by atoms with van der Waals surface area (Å²) in [6.07, 6.45) is 2.07. The lowest BCUT2D eigenvalue weighted by Gasteiger charge is -2.15. The van der Waals surface area contributed by atoms with Crippen molar-refractivity contribution in [2.45, 2.75) is 33.4 Å². The summed E-state index contributed by atoms with van der Waals surface area (Å²) in [5.74, 6) is 0.936. The Balaban J connectivity index is 2.15. The van der Waals surface area contributed by atoms with E-state index in [0.717, 1.165) is 22.7 Å². The van der Waals surface area contributed by atoms with Crippen molar-refractivity contribution in [3.05, 3.63) is 46.2 Å². The molecule has 1 heterocycles. The van der Waals surface area contributed by atoms with Crippen LogP contribution < -0.4 is 5.32 Å². The lowest BCUT2D eigenvalue weighted by molar-refractivity contribution is 0.744. The van der Waals surface area contributed by atoms with Crippen molar-refractivity contribution in [1.29, 1.82) is 0 Å². The highest BCUT2D eigenvalue weighted by atomic mass is 79.9. The number of rotatable bonds is 4. The molecule has 0 radical (unpaired) electrons. The Morgan fingerprint density at radius 2 is 2.00 bits per heavy atom. The number of anilines is 1. The summed E-state index contributed by atoms with van der Waals surface area (Å²) in [6, 6.07) is 8.60. The number of hydrogen-bond acceptors (Lipinski definition) is 2. The van der Waals surface area contributed by atoms with E-state index < -0.39 is 0 Å². The lowest BCUT2D eigenvalue weighted by atomic mass is 10.1. The molecule has 4 heteroatoms. The molecule has 0 amide bonds. The second-order valence-corrected chi connectivity index (χ2v) is 5.33. The summed E-state index contributed by atoms with van der Waals surface area (Å²) < 4.78 is 3.23. The first-order valence-corrected chi connectivity index (χ1v) is 6.95. The van der Waals surface area contributed by atoms with Crippen LogP contribution in [0.25, 0.3) is 0 Å². The zero-order valence-electron chi connectivity index (χ0n) is 10.9. The summed E-state index contributed by atoms with van der Waals surface area (Å²) in [4.78, 5) is 4.51. The van der Waals surface area contributed by atoms with Gasteiger partial charge in [0.15, 0.2) is 0 Å². The van der Waals surface area contributed by atoms with E-state index in [4.69, 9.17) is 0 Å². The topological polar surface area (TPSA) is 29.9 Å². The van der Waals surface area contributed by atoms with Crippen LogP contribution in [0.4, 0.5) is 5.95 Å². The highest BCUT2D eigenvalue weighted by Crippen LogP contribution is 2.20. The predicted molar refractivity (Wildman–Crippen MR) is 78.8 cm³/mol. The maximum Gasteiger partial charge on any atom is 0.203 e. The molecule has 1 unspecified atom stereocenters. The number of hydrogen-bond donors (Lipinski definition) is 1. The third-order valence-electron chi connectivity index (χ3n) is 2.95. The van der Waals surface area contributed by atoms with Gasteiger partial charge in [0, 0.05) is 17.2 Å². The molecule has 3 nitrogen and oxygen atoms in total. The van der Waals surface area contributed by atoms with Crippen LogP contribution in [0, 0.1) is 6.92 Å². The van der Waals surface area contributed by atoms with E-state index in [0.29, 0.717) is 0 Å². The van der Waals surface area contributed by atoms with Crippen molar-refractivity contribution in [1.82, 2.24) is 9.55 Å². The van der Waals surface area contributed by atoms with Gasteiger partial charge in [0.2, 0.25) is 5.95 Å². The molecule has 1 atom stereocenters.